The van der Waals surface area contributed by atoms with Crippen LogP contribution in [0.15, 0.2) is 75.9 Å². The molecule has 0 spiro atoms. The molecule has 0 fully saturated rings. The highest BCUT2D eigenvalue weighted by molar-refractivity contribution is 5.82. The zero-order valence-electron chi connectivity index (χ0n) is 17.1. The third-order valence-electron chi connectivity index (χ3n) is 4.87. The Kier molecular flexibility index (Phi) is 5.44. The van der Waals surface area contributed by atoms with E-state index in [1.807, 2.05) is 43.3 Å². The third-order valence-corrected chi connectivity index (χ3v) is 4.87. The molecule has 4 rings (SSSR count). The molecule has 0 N–H and O–H groups in total. The standard InChI is InChI=1S/C25H22O5/c1-16-7-6-8-17(13-16)15-29-25-23(26)19-9-4-5-10-20(19)30-24(25)18-11-12-21(27-2)22(14-18)28-3/h4-14H,15H2,1-3H3. The van der Waals surface area contributed by atoms with E-state index < -0.39 is 0 Å². The van der Waals surface area contributed by atoms with Crippen LogP contribution in [0.25, 0.3) is 22.3 Å². The van der Waals surface area contributed by atoms with Gasteiger partial charge in [0, 0.05) is 5.56 Å². The molecule has 4 aromatic rings. The van der Waals surface area contributed by atoms with Gasteiger partial charge in [0.15, 0.2) is 17.3 Å². The molecule has 152 valence electrons. The van der Waals surface area contributed by atoms with Crippen LogP contribution < -0.4 is 19.6 Å². The summed E-state index contributed by atoms with van der Waals surface area (Å²) >= 11 is 0. The van der Waals surface area contributed by atoms with Crippen LogP contribution in [0.3, 0.4) is 0 Å². The lowest BCUT2D eigenvalue weighted by atomic mass is 10.1. The molecule has 5 nitrogen and oxygen atoms in total. The molecule has 0 radical (unpaired) electrons. The van der Waals surface area contributed by atoms with Crippen molar-refractivity contribution in [3.05, 3.63) is 88.1 Å². The predicted molar refractivity (Wildman–Crippen MR) is 117 cm³/mol. The molecule has 0 bridgehead atoms. The van der Waals surface area contributed by atoms with E-state index in [-0.39, 0.29) is 17.8 Å². The van der Waals surface area contributed by atoms with E-state index in [2.05, 4.69) is 0 Å². The van der Waals surface area contributed by atoms with Crippen molar-refractivity contribution in [2.24, 2.45) is 0 Å². The summed E-state index contributed by atoms with van der Waals surface area (Å²) in [4.78, 5) is 13.2. The lowest BCUT2D eigenvalue weighted by Gasteiger charge is -2.14. The van der Waals surface area contributed by atoms with Gasteiger partial charge in [-0.25, -0.2) is 0 Å². The van der Waals surface area contributed by atoms with E-state index >= 15 is 0 Å². The molecular formula is C25H22O5. The van der Waals surface area contributed by atoms with E-state index in [1.165, 1.54) is 0 Å². The van der Waals surface area contributed by atoms with E-state index in [9.17, 15) is 4.79 Å². The maximum Gasteiger partial charge on any atom is 0.235 e. The molecule has 3 aromatic carbocycles. The third kappa shape index (κ3) is 3.74. The van der Waals surface area contributed by atoms with Gasteiger partial charge in [-0.05, 0) is 42.8 Å². The number of ether oxygens (including phenoxy) is 3. The number of benzene rings is 3. The number of para-hydroxylation sites is 1. The van der Waals surface area contributed by atoms with E-state index in [4.69, 9.17) is 18.6 Å². The number of hydrogen-bond acceptors (Lipinski definition) is 5. The van der Waals surface area contributed by atoms with Crippen molar-refractivity contribution in [2.75, 3.05) is 14.2 Å². The number of rotatable bonds is 6. The topological polar surface area (TPSA) is 57.9 Å². The van der Waals surface area contributed by atoms with Crippen LogP contribution in [0.2, 0.25) is 0 Å². The van der Waals surface area contributed by atoms with Gasteiger partial charge in [-0.15, -0.1) is 0 Å². The minimum Gasteiger partial charge on any atom is -0.493 e. The van der Waals surface area contributed by atoms with Crippen molar-refractivity contribution >= 4 is 11.0 Å². The number of methoxy groups -OCH3 is 2. The molecule has 0 atom stereocenters. The normalized spacial score (nSPS) is 10.8. The summed E-state index contributed by atoms with van der Waals surface area (Å²) in [5, 5.41) is 0.473. The minimum absolute atomic E-state index is 0.169. The van der Waals surface area contributed by atoms with Gasteiger partial charge in [-0.3, -0.25) is 4.79 Å². The summed E-state index contributed by atoms with van der Waals surface area (Å²) in [6.45, 7) is 2.27. The second kappa shape index (κ2) is 8.33. The van der Waals surface area contributed by atoms with Gasteiger partial charge in [-0.1, -0.05) is 42.0 Å². The van der Waals surface area contributed by atoms with Gasteiger partial charge in [0.25, 0.3) is 0 Å². The van der Waals surface area contributed by atoms with Crippen molar-refractivity contribution in [3.8, 4) is 28.6 Å². The molecule has 0 aliphatic rings. The summed E-state index contributed by atoms with van der Waals surface area (Å²) in [6, 6.07) is 20.5. The molecule has 0 unspecified atom stereocenters. The first-order valence-corrected chi connectivity index (χ1v) is 9.57. The van der Waals surface area contributed by atoms with Crippen LogP contribution in [0.4, 0.5) is 0 Å². The Labute approximate surface area is 174 Å². The number of aryl methyl sites for hydroxylation is 1. The van der Waals surface area contributed by atoms with Gasteiger partial charge in [-0.2, -0.15) is 0 Å². The molecule has 0 amide bonds. The maximum absolute atomic E-state index is 13.2. The van der Waals surface area contributed by atoms with Crippen LogP contribution in [0.1, 0.15) is 11.1 Å². The molecule has 0 aliphatic carbocycles. The van der Waals surface area contributed by atoms with Crippen molar-refractivity contribution in [1.29, 1.82) is 0 Å². The van der Waals surface area contributed by atoms with Crippen LogP contribution in [-0.2, 0) is 6.61 Å². The Morgan fingerprint density at radius 2 is 1.67 bits per heavy atom. The zero-order chi connectivity index (χ0) is 21.1. The number of hydrogen-bond donors (Lipinski definition) is 0. The van der Waals surface area contributed by atoms with Gasteiger partial charge in [0.1, 0.15) is 12.2 Å². The highest BCUT2D eigenvalue weighted by atomic mass is 16.5. The SMILES string of the molecule is COc1ccc(-c2oc3ccccc3c(=O)c2OCc2cccc(C)c2)cc1OC. The monoisotopic (exact) mass is 402 g/mol. The molecule has 0 saturated heterocycles. The lowest BCUT2D eigenvalue weighted by molar-refractivity contribution is 0.297. The Hall–Kier alpha value is -3.73. The zero-order valence-corrected chi connectivity index (χ0v) is 17.1. The van der Waals surface area contributed by atoms with E-state index in [1.54, 1.807) is 44.6 Å². The van der Waals surface area contributed by atoms with Crippen molar-refractivity contribution in [1.82, 2.24) is 0 Å². The largest absolute Gasteiger partial charge is 0.493 e. The van der Waals surface area contributed by atoms with Crippen LogP contribution in [-0.4, -0.2) is 14.2 Å². The fourth-order valence-electron chi connectivity index (χ4n) is 3.38. The van der Waals surface area contributed by atoms with E-state index in [0.717, 1.165) is 11.1 Å². The molecule has 30 heavy (non-hydrogen) atoms. The highest BCUT2D eigenvalue weighted by Crippen LogP contribution is 2.36. The first kappa shape index (κ1) is 19.6. The molecule has 0 saturated carbocycles. The summed E-state index contributed by atoms with van der Waals surface area (Å²) in [7, 11) is 3.14. The van der Waals surface area contributed by atoms with Crippen LogP contribution in [0, 0.1) is 6.92 Å². The fourth-order valence-corrected chi connectivity index (χ4v) is 3.38. The fraction of sp³-hybridized carbons (Fsp3) is 0.160. The lowest BCUT2D eigenvalue weighted by Crippen LogP contribution is -2.10. The molecule has 5 heteroatoms. The Balaban J connectivity index is 1.85. The number of fused-ring (bicyclic) bond motifs is 1. The van der Waals surface area contributed by atoms with Gasteiger partial charge in [0.2, 0.25) is 11.2 Å². The van der Waals surface area contributed by atoms with Crippen molar-refractivity contribution < 1.29 is 18.6 Å². The second-order valence-electron chi connectivity index (χ2n) is 6.93. The second-order valence-corrected chi connectivity index (χ2v) is 6.93. The van der Waals surface area contributed by atoms with Crippen LogP contribution >= 0.6 is 0 Å². The summed E-state index contributed by atoms with van der Waals surface area (Å²) in [5.74, 6) is 1.65. The van der Waals surface area contributed by atoms with Crippen molar-refractivity contribution in [3.63, 3.8) is 0 Å². The Bertz CT molecular complexity index is 1260. The highest BCUT2D eigenvalue weighted by Gasteiger charge is 2.19. The first-order chi connectivity index (χ1) is 14.6. The Morgan fingerprint density at radius 3 is 2.43 bits per heavy atom. The average Bonchev–Trinajstić information content (AvgIpc) is 2.78. The quantitative estimate of drug-likeness (QED) is 0.434. The molecule has 0 aliphatic heterocycles. The van der Waals surface area contributed by atoms with Crippen LogP contribution in [0.5, 0.6) is 17.2 Å². The van der Waals surface area contributed by atoms with E-state index in [0.29, 0.717) is 33.8 Å². The summed E-state index contributed by atoms with van der Waals surface area (Å²) in [5.41, 5.74) is 3.04. The first-order valence-electron chi connectivity index (χ1n) is 9.57. The van der Waals surface area contributed by atoms with Gasteiger partial charge >= 0.3 is 0 Å². The van der Waals surface area contributed by atoms with Crippen molar-refractivity contribution in [2.45, 2.75) is 13.5 Å². The predicted octanol–water partition coefficient (Wildman–Crippen LogP) is 5.36. The summed E-state index contributed by atoms with van der Waals surface area (Å²) < 4.78 is 22.9. The average molecular weight is 402 g/mol. The summed E-state index contributed by atoms with van der Waals surface area (Å²) in [6.07, 6.45) is 0. The molecule has 1 aromatic heterocycles. The molecule has 1 heterocycles. The van der Waals surface area contributed by atoms with Gasteiger partial charge < -0.3 is 18.6 Å². The molecular weight excluding hydrogens is 380 g/mol. The van der Waals surface area contributed by atoms with Gasteiger partial charge in [0.05, 0.1) is 19.6 Å². The Morgan fingerprint density at radius 1 is 0.867 bits per heavy atom. The maximum atomic E-state index is 13.2. The smallest absolute Gasteiger partial charge is 0.235 e. The minimum atomic E-state index is -0.214.